The van der Waals surface area contributed by atoms with Gasteiger partial charge in [-0.05, 0) is 36.6 Å². The van der Waals surface area contributed by atoms with Crippen LogP contribution in [0.4, 0.5) is 4.39 Å². The number of halogens is 1. The molecule has 0 fully saturated rings. The van der Waals surface area contributed by atoms with Gasteiger partial charge in [-0.1, -0.05) is 36.4 Å². The summed E-state index contributed by atoms with van der Waals surface area (Å²) in [4.78, 5) is 23.3. The summed E-state index contributed by atoms with van der Waals surface area (Å²) in [7, 11) is 0. The molecule has 5 nitrogen and oxygen atoms in total. The molecule has 0 aliphatic heterocycles. The van der Waals surface area contributed by atoms with E-state index in [-0.39, 0.29) is 25.3 Å². The summed E-state index contributed by atoms with van der Waals surface area (Å²) < 4.78 is 18.8. The van der Waals surface area contributed by atoms with Crippen LogP contribution in [0.15, 0.2) is 48.5 Å². The lowest BCUT2D eigenvalue weighted by atomic mass is 10.1. The zero-order valence-electron chi connectivity index (χ0n) is 13.3. The predicted molar refractivity (Wildman–Crippen MR) is 87.7 cm³/mol. The molecule has 2 rings (SSSR count). The second-order valence-electron chi connectivity index (χ2n) is 5.24. The Balaban J connectivity index is 1.69. The second-order valence-corrected chi connectivity index (χ2v) is 5.24. The number of hydrazine groups is 1. The maximum Gasteiger partial charge on any atom is 0.276 e. The second kappa shape index (κ2) is 8.67. The van der Waals surface area contributed by atoms with E-state index >= 15 is 0 Å². The van der Waals surface area contributed by atoms with E-state index in [0.29, 0.717) is 11.3 Å². The van der Waals surface area contributed by atoms with Gasteiger partial charge in [0, 0.05) is 6.42 Å². The summed E-state index contributed by atoms with van der Waals surface area (Å²) in [6, 6.07) is 13.6. The molecule has 0 aromatic heterocycles. The fourth-order valence-corrected chi connectivity index (χ4v) is 2.05. The van der Waals surface area contributed by atoms with Gasteiger partial charge in [0.25, 0.3) is 5.91 Å². The average molecular weight is 330 g/mol. The van der Waals surface area contributed by atoms with Crippen LogP contribution in [-0.2, 0) is 16.0 Å². The molecule has 2 aromatic rings. The van der Waals surface area contributed by atoms with Crippen molar-refractivity contribution in [3.8, 4) is 5.75 Å². The van der Waals surface area contributed by atoms with Crippen LogP contribution in [-0.4, -0.2) is 18.4 Å². The van der Waals surface area contributed by atoms with Gasteiger partial charge in [-0.3, -0.25) is 20.4 Å². The Morgan fingerprint density at radius 1 is 1.00 bits per heavy atom. The van der Waals surface area contributed by atoms with Crippen molar-refractivity contribution in [3.05, 3.63) is 65.5 Å². The number of carbonyl (C=O) groups is 2. The quantitative estimate of drug-likeness (QED) is 0.799. The molecule has 0 aliphatic rings. The van der Waals surface area contributed by atoms with Crippen LogP contribution < -0.4 is 15.6 Å². The first-order chi connectivity index (χ1) is 11.6. The maximum absolute atomic E-state index is 13.4. The van der Waals surface area contributed by atoms with Crippen molar-refractivity contribution in [1.82, 2.24) is 10.9 Å². The van der Waals surface area contributed by atoms with E-state index in [1.807, 2.05) is 25.1 Å². The minimum atomic E-state index is -0.475. The third kappa shape index (κ3) is 5.39. The van der Waals surface area contributed by atoms with Crippen LogP contribution in [0.25, 0.3) is 0 Å². The van der Waals surface area contributed by atoms with Gasteiger partial charge in [0.2, 0.25) is 5.91 Å². The first-order valence-electron chi connectivity index (χ1n) is 7.56. The fourth-order valence-electron chi connectivity index (χ4n) is 2.05. The largest absolute Gasteiger partial charge is 0.483 e. The molecule has 2 amide bonds. The summed E-state index contributed by atoms with van der Waals surface area (Å²) in [6.07, 6.45) is 0.327. The number of nitrogens with one attached hydrogen (secondary N) is 2. The Morgan fingerprint density at radius 3 is 2.42 bits per heavy atom. The van der Waals surface area contributed by atoms with Crippen molar-refractivity contribution in [2.24, 2.45) is 0 Å². The minimum Gasteiger partial charge on any atom is -0.483 e. The van der Waals surface area contributed by atoms with Gasteiger partial charge in [0.05, 0.1) is 0 Å². The third-order valence-electron chi connectivity index (χ3n) is 3.37. The summed E-state index contributed by atoms with van der Waals surface area (Å²) >= 11 is 0. The van der Waals surface area contributed by atoms with Gasteiger partial charge >= 0.3 is 0 Å². The molecular formula is C18H19FN2O3. The maximum atomic E-state index is 13.4. The fraction of sp³-hybridized carbons (Fsp3) is 0.222. The molecule has 6 heteroatoms. The molecule has 0 saturated carbocycles. The highest BCUT2D eigenvalue weighted by Gasteiger charge is 2.08. The van der Waals surface area contributed by atoms with Gasteiger partial charge in [-0.25, -0.2) is 4.39 Å². The van der Waals surface area contributed by atoms with Gasteiger partial charge in [-0.15, -0.1) is 0 Å². The van der Waals surface area contributed by atoms with Crippen molar-refractivity contribution in [3.63, 3.8) is 0 Å². The summed E-state index contributed by atoms with van der Waals surface area (Å²) in [5, 5.41) is 0. The highest BCUT2D eigenvalue weighted by molar-refractivity contribution is 5.82. The lowest BCUT2D eigenvalue weighted by Gasteiger charge is -2.10. The average Bonchev–Trinajstić information content (AvgIpc) is 2.58. The standard InChI is InChI=1S/C18H19FN2O3/c1-13-6-2-5-9-16(13)24-12-18(23)21-20-17(22)11-10-14-7-3-4-8-15(14)19/h2-9H,10-12H2,1H3,(H,20,22)(H,21,23). The Hall–Kier alpha value is -2.89. The van der Waals surface area contributed by atoms with Crippen LogP contribution in [0, 0.1) is 12.7 Å². The number of para-hydroxylation sites is 1. The third-order valence-corrected chi connectivity index (χ3v) is 3.37. The Bertz CT molecular complexity index is 657. The normalized spacial score (nSPS) is 10.1. The van der Waals surface area contributed by atoms with Crippen molar-refractivity contribution in [2.75, 3.05) is 6.61 Å². The van der Waals surface area contributed by atoms with Gasteiger partial charge in [0.1, 0.15) is 11.6 Å². The van der Waals surface area contributed by atoms with Crippen molar-refractivity contribution >= 4 is 11.8 Å². The van der Waals surface area contributed by atoms with E-state index in [1.54, 1.807) is 24.3 Å². The molecule has 0 spiro atoms. The van der Waals surface area contributed by atoms with Crippen molar-refractivity contribution < 1.29 is 18.7 Å². The van der Waals surface area contributed by atoms with E-state index in [0.717, 1.165) is 5.56 Å². The van der Waals surface area contributed by atoms with Crippen LogP contribution in [0.3, 0.4) is 0 Å². The lowest BCUT2D eigenvalue weighted by molar-refractivity contribution is -0.130. The monoisotopic (exact) mass is 330 g/mol. The molecule has 24 heavy (non-hydrogen) atoms. The predicted octanol–water partition coefficient (Wildman–Crippen LogP) is 2.29. The lowest BCUT2D eigenvalue weighted by Crippen LogP contribution is -2.43. The Kier molecular flexibility index (Phi) is 6.31. The number of hydrogen-bond acceptors (Lipinski definition) is 3. The molecular weight excluding hydrogens is 311 g/mol. The summed E-state index contributed by atoms with van der Waals surface area (Å²) in [5.74, 6) is -0.612. The number of benzene rings is 2. The number of rotatable bonds is 6. The number of hydrogen-bond donors (Lipinski definition) is 2. The topological polar surface area (TPSA) is 67.4 Å². The molecule has 2 N–H and O–H groups in total. The molecule has 0 aliphatic carbocycles. The van der Waals surface area contributed by atoms with E-state index in [2.05, 4.69) is 10.9 Å². The van der Waals surface area contributed by atoms with E-state index in [9.17, 15) is 14.0 Å². The number of carbonyl (C=O) groups excluding carboxylic acids is 2. The molecule has 0 atom stereocenters. The molecule has 126 valence electrons. The molecule has 0 saturated heterocycles. The zero-order valence-corrected chi connectivity index (χ0v) is 13.3. The number of ether oxygens (including phenoxy) is 1. The first-order valence-corrected chi connectivity index (χ1v) is 7.56. The van der Waals surface area contributed by atoms with Gasteiger partial charge in [-0.2, -0.15) is 0 Å². The molecule has 0 bridgehead atoms. The van der Waals surface area contributed by atoms with Crippen LogP contribution in [0.5, 0.6) is 5.75 Å². The highest BCUT2D eigenvalue weighted by atomic mass is 19.1. The molecule has 2 aromatic carbocycles. The van der Waals surface area contributed by atoms with Gasteiger partial charge < -0.3 is 4.74 Å². The zero-order chi connectivity index (χ0) is 17.4. The Morgan fingerprint density at radius 2 is 1.67 bits per heavy atom. The Labute approximate surface area is 139 Å². The number of amides is 2. The minimum absolute atomic E-state index is 0.0693. The van der Waals surface area contributed by atoms with Crippen molar-refractivity contribution in [1.29, 1.82) is 0 Å². The summed E-state index contributed by atoms with van der Waals surface area (Å²) in [6.45, 7) is 1.66. The molecule has 0 heterocycles. The highest BCUT2D eigenvalue weighted by Crippen LogP contribution is 2.15. The van der Waals surface area contributed by atoms with E-state index in [1.165, 1.54) is 6.07 Å². The molecule has 0 radical (unpaired) electrons. The van der Waals surface area contributed by atoms with E-state index < -0.39 is 11.8 Å². The van der Waals surface area contributed by atoms with Crippen molar-refractivity contribution in [2.45, 2.75) is 19.8 Å². The van der Waals surface area contributed by atoms with Crippen LogP contribution >= 0.6 is 0 Å². The SMILES string of the molecule is Cc1ccccc1OCC(=O)NNC(=O)CCc1ccccc1F. The molecule has 0 unspecified atom stereocenters. The smallest absolute Gasteiger partial charge is 0.276 e. The summed E-state index contributed by atoms with van der Waals surface area (Å²) in [5.41, 5.74) is 5.92. The van der Waals surface area contributed by atoms with Crippen LogP contribution in [0.1, 0.15) is 17.5 Å². The number of aryl methyl sites for hydroxylation is 2. The van der Waals surface area contributed by atoms with E-state index in [4.69, 9.17) is 4.74 Å². The first kappa shape index (κ1) is 17.5. The van der Waals surface area contributed by atoms with Crippen LogP contribution in [0.2, 0.25) is 0 Å². The van der Waals surface area contributed by atoms with Gasteiger partial charge in [0.15, 0.2) is 6.61 Å².